The molecular formula is C22H25Cl2FN2O2. The van der Waals surface area contributed by atoms with E-state index >= 15 is 0 Å². The Morgan fingerprint density at radius 1 is 1.07 bits per heavy atom. The average molecular weight is 439 g/mol. The van der Waals surface area contributed by atoms with Gasteiger partial charge in [-0.2, -0.15) is 0 Å². The van der Waals surface area contributed by atoms with Crippen LogP contribution < -0.4 is 5.32 Å². The highest BCUT2D eigenvalue weighted by atomic mass is 35.5. The molecule has 2 amide bonds. The number of carbonyl (C=O) groups is 2. The lowest BCUT2D eigenvalue weighted by Gasteiger charge is -2.29. The molecule has 0 aliphatic carbocycles. The molecule has 0 bridgehead atoms. The van der Waals surface area contributed by atoms with Crippen molar-refractivity contribution in [3.63, 3.8) is 0 Å². The monoisotopic (exact) mass is 438 g/mol. The Morgan fingerprint density at radius 3 is 2.34 bits per heavy atom. The molecule has 0 spiro atoms. The molecule has 0 radical (unpaired) electrons. The van der Waals surface area contributed by atoms with Crippen molar-refractivity contribution >= 4 is 35.0 Å². The first-order valence-electron chi connectivity index (χ1n) is 9.57. The topological polar surface area (TPSA) is 49.4 Å². The third kappa shape index (κ3) is 7.02. The van der Waals surface area contributed by atoms with Crippen LogP contribution in [0.4, 0.5) is 4.39 Å². The van der Waals surface area contributed by atoms with Crippen LogP contribution in [0, 0.1) is 5.82 Å². The molecule has 2 aromatic rings. The van der Waals surface area contributed by atoms with Gasteiger partial charge in [0.05, 0.1) is 16.5 Å². The van der Waals surface area contributed by atoms with E-state index in [0.29, 0.717) is 22.2 Å². The van der Waals surface area contributed by atoms with Gasteiger partial charge in [-0.15, -0.1) is 0 Å². The zero-order chi connectivity index (χ0) is 21.4. The van der Waals surface area contributed by atoms with E-state index in [4.69, 9.17) is 23.2 Å². The van der Waals surface area contributed by atoms with E-state index in [1.54, 1.807) is 37.3 Å². The van der Waals surface area contributed by atoms with Gasteiger partial charge in [-0.05, 0) is 48.7 Å². The van der Waals surface area contributed by atoms with Gasteiger partial charge in [0.15, 0.2) is 0 Å². The Bertz CT molecular complexity index is 843. The number of nitrogens with zero attached hydrogens (tertiary/aromatic N) is 1. The van der Waals surface area contributed by atoms with E-state index in [9.17, 15) is 14.0 Å². The van der Waals surface area contributed by atoms with E-state index in [1.807, 2.05) is 6.92 Å². The quantitative estimate of drug-likeness (QED) is 0.559. The Balaban J connectivity index is 2.19. The Kier molecular flexibility index (Phi) is 8.93. The summed E-state index contributed by atoms with van der Waals surface area (Å²) in [5, 5.41) is 3.64. The van der Waals surface area contributed by atoms with E-state index in [0.717, 1.165) is 18.4 Å². The minimum absolute atomic E-state index is 0.0741. The summed E-state index contributed by atoms with van der Waals surface area (Å²) in [6.45, 7) is 4.49. The van der Waals surface area contributed by atoms with Gasteiger partial charge < -0.3 is 10.2 Å². The van der Waals surface area contributed by atoms with E-state index in [1.165, 1.54) is 17.0 Å². The number of hydrogen-bond acceptors (Lipinski definition) is 2. The molecule has 1 atom stereocenters. The molecule has 7 heteroatoms. The highest BCUT2D eigenvalue weighted by Crippen LogP contribution is 2.23. The van der Waals surface area contributed by atoms with Gasteiger partial charge in [0.2, 0.25) is 11.8 Å². The molecule has 0 aliphatic rings. The predicted octanol–water partition coefficient (Wildman–Crippen LogP) is 5.01. The number of benzene rings is 2. The van der Waals surface area contributed by atoms with Crippen LogP contribution >= 0.6 is 23.2 Å². The molecular weight excluding hydrogens is 414 g/mol. The average Bonchev–Trinajstić information content (AvgIpc) is 2.69. The third-order valence-electron chi connectivity index (χ3n) is 4.60. The minimum atomic E-state index is -0.674. The molecule has 2 rings (SSSR count). The maximum Gasteiger partial charge on any atom is 0.242 e. The normalized spacial score (nSPS) is 11.8. The molecule has 0 saturated carbocycles. The summed E-state index contributed by atoms with van der Waals surface area (Å²) in [7, 11) is 0. The molecule has 0 heterocycles. The number of nitrogens with one attached hydrogen (secondary N) is 1. The first kappa shape index (κ1) is 23.2. The van der Waals surface area contributed by atoms with Crippen LogP contribution in [0.5, 0.6) is 0 Å². The number of halogens is 3. The fourth-order valence-corrected chi connectivity index (χ4v) is 3.15. The van der Waals surface area contributed by atoms with Crippen molar-refractivity contribution in [3.05, 3.63) is 69.5 Å². The largest absolute Gasteiger partial charge is 0.354 e. The van der Waals surface area contributed by atoms with Gasteiger partial charge in [-0.3, -0.25) is 9.59 Å². The van der Waals surface area contributed by atoms with Crippen molar-refractivity contribution in [2.24, 2.45) is 0 Å². The van der Waals surface area contributed by atoms with Gasteiger partial charge in [0.1, 0.15) is 11.9 Å². The first-order chi connectivity index (χ1) is 13.8. The summed E-state index contributed by atoms with van der Waals surface area (Å²) in [6, 6.07) is 10.2. The van der Waals surface area contributed by atoms with Crippen molar-refractivity contribution in [1.29, 1.82) is 0 Å². The van der Waals surface area contributed by atoms with Crippen molar-refractivity contribution in [3.8, 4) is 0 Å². The zero-order valence-electron chi connectivity index (χ0n) is 16.6. The smallest absolute Gasteiger partial charge is 0.242 e. The fourth-order valence-electron chi connectivity index (χ4n) is 2.83. The molecule has 0 fully saturated rings. The maximum absolute atomic E-state index is 13.2. The summed E-state index contributed by atoms with van der Waals surface area (Å²) in [4.78, 5) is 27.1. The minimum Gasteiger partial charge on any atom is -0.354 e. The Hall–Kier alpha value is -2.11. The summed E-state index contributed by atoms with van der Waals surface area (Å²) < 4.78 is 13.2. The fraction of sp³-hybridized carbons (Fsp3) is 0.364. The summed E-state index contributed by atoms with van der Waals surface area (Å²) in [6.07, 6.45) is 1.91. The number of carbonyl (C=O) groups excluding carboxylic acids is 2. The van der Waals surface area contributed by atoms with Crippen LogP contribution in [0.15, 0.2) is 42.5 Å². The van der Waals surface area contributed by atoms with Crippen LogP contribution in [0.25, 0.3) is 0 Å². The second kappa shape index (κ2) is 11.2. The van der Waals surface area contributed by atoms with Gasteiger partial charge in [0.25, 0.3) is 0 Å². The van der Waals surface area contributed by atoms with Crippen LogP contribution in [0.1, 0.15) is 37.8 Å². The molecule has 1 N–H and O–H groups in total. The van der Waals surface area contributed by atoms with Gasteiger partial charge in [-0.1, -0.05) is 54.7 Å². The number of amides is 2. The van der Waals surface area contributed by atoms with Crippen molar-refractivity contribution < 1.29 is 14.0 Å². The SMILES string of the molecule is CCCCNC(=O)C(C)N(Cc1ccc(F)cc1)C(=O)Cc1ccc(Cl)c(Cl)c1. The molecule has 29 heavy (non-hydrogen) atoms. The van der Waals surface area contributed by atoms with Crippen LogP contribution in [0.3, 0.4) is 0 Å². The number of unbranched alkanes of at least 4 members (excludes halogenated alkanes) is 1. The predicted molar refractivity (Wildman–Crippen MR) is 114 cm³/mol. The van der Waals surface area contributed by atoms with E-state index in [-0.39, 0.29) is 30.6 Å². The second-order valence-electron chi connectivity index (χ2n) is 6.89. The molecule has 2 aromatic carbocycles. The van der Waals surface area contributed by atoms with Gasteiger partial charge in [-0.25, -0.2) is 4.39 Å². The van der Waals surface area contributed by atoms with Crippen LogP contribution in [0.2, 0.25) is 10.0 Å². The maximum atomic E-state index is 13.2. The van der Waals surface area contributed by atoms with Gasteiger partial charge in [0, 0.05) is 13.1 Å². The second-order valence-corrected chi connectivity index (χ2v) is 7.71. The molecule has 0 aromatic heterocycles. The Morgan fingerprint density at radius 2 is 1.72 bits per heavy atom. The summed E-state index contributed by atoms with van der Waals surface area (Å²) >= 11 is 12.0. The molecule has 0 saturated heterocycles. The lowest BCUT2D eigenvalue weighted by molar-refractivity contribution is -0.140. The molecule has 156 valence electrons. The highest BCUT2D eigenvalue weighted by molar-refractivity contribution is 6.42. The number of hydrogen-bond donors (Lipinski definition) is 1. The molecule has 1 unspecified atom stereocenters. The first-order valence-corrected chi connectivity index (χ1v) is 10.3. The summed E-state index contributed by atoms with van der Waals surface area (Å²) in [5.74, 6) is -0.804. The standard InChI is InChI=1S/C22H25Cl2FN2O2/c1-3-4-11-26-22(29)15(2)27(14-16-5-8-18(25)9-6-16)21(28)13-17-7-10-19(23)20(24)12-17/h5-10,12,15H,3-4,11,13-14H2,1-2H3,(H,26,29). The lowest BCUT2D eigenvalue weighted by Crippen LogP contribution is -2.48. The molecule has 0 aliphatic heterocycles. The third-order valence-corrected chi connectivity index (χ3v) is 5.34. The number of rotatable bonds is 9. The van der Waals surface area contributed by atoms with Crippen LogP contribution in [-0.4, -0.2) is 29.3 Å². The van der Waals surface area contributed by atoms with Gasteiger partial charge >= 0.3 is 0 Å². The van der Waals surface area contributed by atoms with Crippen LogP contribution in [-0.2, 0) is 22.6 Å². The molecule has 4 nitrogen and oxygen atoms in total. The van der Waals surface area contributed by atoms with E-state index < -0.39 is 6.04 Å². The zero-order valence-corrected chi connectivity index (χ0v) is 18.1. The Labute approximate surface area is 181 Å². The summed E-state index contributed by atoms with van der Waals surface area (Å²) in [5.41, 5.74) is 1.44. The lowest BCUT2D eigenvalue weighted by atomic mass is 10.1. The van der Waals surface area contributed by atoms with Crippen molar-refractivity contribution in [2.45, 2.75) is 45.7 Å². The van der Waals surface area contributed by atoms with Crippen molar-refractivity contribution in [2.75, 3.05) is 6.54 Å². The van der Waals surface area contributed by atoms with E-state index in [2.05, 4.69) is 5.32 Å². The highest BCUT2D eigenvalue weighted by Gasteiger charge is 2.26. The van der Waals surface area contributed by atoms with Crippen molar-refractivity contribution in [1.82, 2.24) is 10.2 Å².